The molecule has 4 N–H and O–H groups in total. The number of rotatable bonds is 6. The summed E-state index contributed by atoms with van der Waals surface area (Å²) in [7, 11) is 0. The number of nitrogens with one attached hydrogen (secondary N) is 1. The van der Waals surface area contributed by atoms with Crippen molar-refractivity contribution in [1.82, 2.24) is 5.32 Å². The normalized spacial score (nSPS) is 25.3. The lowest BCUT2D eigenvalue weighted by atomic mass is 10.0. The number of benzene rings is 1. The van der Waals surface area contributed by atoms with E-state index < -0.39 is 46.1 Å². The summed E-state index contributed by atoms with van der Waals surface area (Å²) >= 11 is 1.09. The number of carboxylic acid groups (broad SMARTS) is 2. The number of hydrogen-bond donors (Lipinski definition) is 3. The molecule has 1 saturated heterocycles. The maximum atomic E-state index is 12.3. The molecule has 8 nitrogen and oxygen atoms in total. The van der Waals surface area contributed by atoms with Crippen molar-refractivity contribution in [3.63, 3.8) is 0 Å². The van der Waals surface area contributed by atoms with E-state index in [0.29, 0.717) is 5.56 Å². The fraction of sp³-hybridized carbons (Fsp3) is 0.438. The van der Waals surface area contributed by atoms with Crippen LogP contribution in [-0.4, -0.2) is 45.1 Å². The van der Waals surface area contributed by atoms with Gasteiger partial charge in [-0.25, -0.2) is 0 Å². The van der Waals surface area contributed by atoms with Crippen LogP contribution in [0.1, 0.15) is 25.5 Å². The number of carbonyl (C=O) groups excluding carboxylic acids is 1. The number of nitrogens with zero attached hydrogens (tertiary/aromatic N) is 1. The van der Waals surface area contributed by atoms with Crippen LogP contribution >= 0.6 is 11.8 Å². The summed E-state index contributed by atoms with van der Waals surface area (Å²) in [5, 5.41) is 34.8. The smallest absolute Gasteiger partial charge is 0.322 e. The Morgan fingerprint density at radius 3 is 2.40 bits per heavy atom. The van der Waals surface area contributed by atoms with Crippen LogP contribution in [0.2, 0.25) is 0 Å². The van der Waals surface area contributed by atoms with Crippen molar-refractivity contribution >= 4 is 29.6 Å². The molecule has 0 saturated carbocycles. The maximum Gasteiger partial charge on any atom is 0.322 e. The first-order valence-electron chi connectivity index (χ1n) is 7.56. The number of carbonyl (C=O) groups is 2. The molecule has 1 aromatic carbocycles. The number of thioether (sulfide) groups is 1. The molecular weight excluding hydrogens is 346 g/mol. The zero-order valence-corrected chi connectivity index (χ0v) is 14.5. The molecule has 1 fully saturated rings. The quantitative estimate of drug-likeness (QED) is 0.405. The molecule has 1 aromatic rings. The number of hydrogen-bond acceptors (Lipinski definition) is 8. The molecule has 9 heteroatoms. The number of aliphatic carboxylic acids is 2. The van der Waals surface area contributed by atoms with E-state index >= 15 is 0 Å². The largest absolute Gasteiger partial charge is 0.861 e. The third-order valence-corrected chi connectivity index (χ3v) is 5.41. The predicted molar refractivity (Wildman–Crippen MR) is 89.6 cm³/mol. The molecule has 1 heterocycles. The second-order valence-corrected chi connectivity index (χ2v) is 8.00. The van der Waals surface area contributed by atoms with E-state index in [1.165, 1.54) is 0 Å². The number of carboxylic acids is 2. The molecule has 1 aliphatic heterocycles. The lowest BCUT2D eigenvalue weighted by Crippen LogP contribution is -2.51. The topological polar surface area (TPSA) is 151 Å². The van der Waals surface area contributed by atoms with Crippen molar-refractivity contribution < 1.29 is 24.9 Å². The number of nitrogens with two attached hydrogens (primary N) is 1. The molecule has 0 unspecified atom stereocenters. The summed E-state index contributed by atoms with van der Waals surface area (Å²) < 4.78 is -0.773. The van der Waals surface area contributed by atoms with Gasteiger partial charge in [-0.1, -0.05) is 30.3 Å². The van der Waals surface area contributed by atoms with Gasteiger partial charge >= 0.3 is 5.97 Å². The molecule has 0 spiro atoms. The average Bonchev–Trinajstić information content (AvgIpc) is 2.87. The molecule has 0 aromatic heterocycles. The van der Waals surface area contributed by atoms with Gasteiger partial charge in [-0.05, 0) is 25.3 Å². The second-order valence-electron chi connectivity index (χ2n) is 6.20. The van der Waals surface area contributed by atoms with Gasteiger partial charge in [0.25, 0.3) is 0 Å². The van der Waals surface area contributed by atoms with Crippen molar-refractivity contribution in [2.24, 2.45) is 10.7 Å². The molecule has 0 aliphatic carbocycles. The molecule has 0 amide bonds. The van der Waals surface area contributed by atoms with Crippen LogP contribution in [0.5, 0.6) is 0 Å². The van der Waals surface area contributed by atoms with Gasteiger partial charge < -0.3 is 25.8 Å². The highest BCUT2D eigenvalue weighted by atomic mass is 32.2. The first kappa shape index (κ1) is 19.2. The Morgan fingerprint density at radius 1 is 1.32 bits per heavy atom. The zero-order valence-electron chi connectivity index (χ0n) is 13.7. The van der Waals surface area contributed by atoms with Crippen LogP contribution in [0.15, 0.2) is 35.3 Å². The third-order valence-electron chi connectivity index (χ3n) is 3.92. The highest BCUT2D eigenvalue weighted by Crippen LogP contribution is 2.39. The molecular formula is C16H19N3O5S-2. The zero-order chi connectivity index (χ0) is 18.8. The standard InChI is InChI=1S/C16H21N3O5S/c1-16(2)11(15(23)24)19-13(25-16)10(14(21)22)18-12(20)9(17)8-6-4-3-5-7-8/h3-7,9-11,13,19H,17H2,1-2H3,(H,18,20)(H,21,22)(H,23,24)/p-2/t9-,10+,11+,13-/m1/s1. The van der Waals surface area contributed by atoms with Crippen molar-refractivity contribution in [3.8, 4) is 0 Å². The van der Waals surface area contributed by atoms with Crippen LogP contribution < -0.4 is 21.3 Å². The van der Waals surface area contributed by atoms with E-state index in [9.17, 15) is 24.9 Å². The van der Waals surface area contributed by atoms with Gasteiger partial charge in [0.15, 0.2) is 0 Å². The Labute approximate surface area is 149 Å². The van der Waals surface area contributed by atoms with Gasteiger partial charge in [0.2, 0.25) is 0 Å². The third kappa shape index (κ3) is 4.30. The Morgan fingerprint density at radius 2 is 1.92 bits per heavy atom. The van der Waals surface area contributed by atoms with E-state index in [2.05, 4.69) is 10.3 Å². The van der Waals surface area contributed by atoms with E-state index in [-0.39, 0.29) is 0 Å². The minimum atomic E-state index is -1.57. The van der Waals surface area contributed by atoms with E-state index in [1.807, 2.05) is 0 Å². The van der Waals surface area contributed by atoms with Gasteiger partial charge in [-0.2, -0.15) is 0 Å². The average molecular weight is 365 g/mol. The first-order valence-corrected chi connectivity index (χ1v) is 8.44. The van der Waals surface area contributed by atoms with Crippen LogP contribution in [0.25, 0.3) is 0 Å². The van der Waals surface area contributed by atoms with Crippen molar-refractivity contribution in [2.45, 2.75) is 42.1 Å². The first-order chi connectivity index (χ1) is 11.6. The van der Waals surface area contributed by atoms with Gasteiger partial charge in [-0.15, -0.1) is 11.8 Å². The molecule has 2 rings (SSSR count). The molecule has 1 aliphatic rings. The van der Waals surface area contributed by atoms with Crippen LogP contribution in [-0.2, 0) is 9.59 Å². The summed E-state index contributed by atoms with van der Waals surface area (Å²) in [5.74, 6) is -3.48. The molecule has 4 atom stereocenters. The van der Waals surface area contributed by atoms with E-state index in [4.69, 9.17) is 5.73 Å². The second kappa shape index (κ2) is 7.42. The Hall–Kier alpha value is -2.10. The predicted octanol–water partition coefficient (Wildman–Crippen LogP) is -1.54. The van der Waals surface area contributed by atoms with Gasteiger partial charge in [0.05, 0.1) is 17.4 Å². The fourth-order valence-electron chi connectivity index (χ4n) is 2.58. The Bertz CT molecular complexity index is 680. The minimum Gasteiger partial charge on any atom is -0.861 e. The van der Waals surface area contributed by atoms with Crippen molar-refractivity contribution in [1.29, 1.82) is 0 Å². The Kier molecular flexibility index (Phi) is 5.71. The van der Waals surface area contributed by atoms with Crippen LogP contribution in [0, 0.1) is 0 Å². The monoisotopic (exact) mass is 365 g/mol. The fourth-order valence-corrected chi connectivity index (χ4v) is 4.05. The van der Waals surface area contributed by atoms with Gasteiger partial charge in [-0.3, -0.25) is 15.1 Å². The minimum absolute atomic E-state index is 0.504. The number of aliphatic imine (C=N–C) groups is 1. The van der Waals surface area contributed by atoms with Crippen molar-refractivity contribution in [2.75, 3.05) is 0 Å². The lowest BCUT2D eigenvalue weighted by molar-refractivity contribution is -0.307. The molecule has 25 heavy (non-hydrogen) atoms. The Balaban J connectivity index is 2.24. The summed E-state index contributed by atoms with van der Waals surface area (Å²) in [6.45, 7) is 3.35. The highest BCUT2D eigenvalue weighted by Gasteiger charge is 2.47. The summed E-state index contributed by atoms with van der Waals surface area (Å²) in [6.07, 6.45) is 0. The molecule has 0 bridgehead atoms. The van der Waals surface area contributed by atoms with Gasteiger partial charge in [0, 0.05) is 4.75 Å². The van der Waals surface area contributed by atoms with Crippen molar-refractivity contribution in [3.05, 3.63) is 35.9 Å². The maximum absolute atomic E-state index is 12.3. The van der Waals surface area contributed by atoms with Crippen LogP contribution in [0.4, 0.5) is 0 Å². The van der Waals surface area contributed by atoms with Gasteiger partial charge in [0.1, 0.15) is 12.1 Å². The van der Waals surface area contributed by atoms with E-state index in [0.717, 1.165) is 11.8 Å². The summed E-state index contributed by atoms with van der Waals surface area (Å²) in [4.78, 5) is 26.5. The molecule has 0 radical (unpaired) electrons. The van der Waals surface area contributed by atoms with Crippen LogP contribution in [0.3, 0.4) is 0 Å². The summed E-state index contributed by atoms with van der Waals surface area (Å²) in [6, 6.07) is 4.82. The van der Waals surface area contributed by atoms with E-state index in [1.54, 1.807) is 44.2 Å². The highest BCUT2D eigenvalue weighted by molar-refractivity contribution is 8.01. The lowest BCUT2D eigenvalue weighted by Gasteiger charge is -2.27. The summed E-state index contributed by atoms with van der Waals surface area (Å²) in [5.41, 5.74) is 6.34. The SMILES string of the molecule is CC1(C)S[C@H]([C@H](N=C([O-])[C@H](N)c2ccccc2)C(=O)[O-])N[C@H]1C(=O)O. The molecule has 136 valence electrons.